The van der Waals surface area contributed by atoms with Crippen LogP contribution in [0.3, 0.4) is 0 Å². The van der Waals surface area contributed by atoms with E-state index in [1.165, 1.54) is 11.4 Å². The molecule has 2 aromatic rings. The van der Waals surface area contributed by atoms with E-state index in [2.05, 4.69) is 15.9 Å². The van der Waals surface area contributed by atoms with Gasteiger partial charge >= 0.3 is 5.97 Å². The number of carbonyl (C=O) groups excluding carboxylic acids is 1. The van der Waals surface area contributed by atoms with Gasteiger partial charge in [0.2, 0.25) is 10.0 Å². The molecule has 0 aliphatic rings. The molecule has 0 spiro atoms. The average Bonchev–Trinajstić information content (AvgIpc) is 2.69. The van der Waals surface area contributed by atoms with Gasteiger partial charge in [0.15, 0.2) is 0 Å². The Hall–Kier alpha value is -2.22. The lowest BCUT2D eigenvalue weighted by Crippen LogP contribution is -2.38. The van der Waals surface area contributed by atoms with E-state index in [0.29, 0.717) is 16.0 Å². The number of carbonyl (C=O) groups is 1. The fourth-order valence-corrected chi connectivity index (χ4v) is 5.98. The first-order valence-electron chi connectivity index (χ1n) is 9.84. The molecule has 0 radical (unpaired) electrons. The van der Waals surface area contributed by atoms with E-state index in [4.69, 9.17) is 4.74 Å². The van der Waals surface area contributed by atoms with Crippen LogP contribution in [0.2, 0.25) is 0 Å². The van der Waals surface area contributed by atoms with Crippen LogP contribution >= 0.6 is 15.9 Å². The third-order valence-electron chi connectivity index (χ3n) is 4.79. The summed E-state index contributed by atoms with van der Waals surface area (Å²) in [6, 6.07) is 12.8. The second kappa shape index (κ2) is 10.9. The predicted octanol–water partition coefficient (Wildman–Crippen LogP) is 5.16. The summed E-state index contributed by atoms with van der Waals surface area (Å²) < 4.78 is 33.7. The van der Waals surface area contributed by atoms with Gasteiger partial charge in [0.1, 0.15) is 4.48 Å². The summed E-state index contributed by atoms with van der Waals surface area (Å²) >= 11 is 3.19. The first-order valence-corrected chi connectivity index (χ1v) is 12.1. The Morgan fingerprint density at radius 3 is 2.26 bits per heavy atom. The highest BCUT2D eigenvalue weighted by atomic mass is 79.9. The molecule has 2 aromatic carbocycles. The number of halogens is 1. The standard InChI is InChI=1S/C24H28BrNO4S/c1-17-14-18(2)23(19(3)15-17)31(28,29)26(20(4)16-22(25)24(27)30-5)13-9-12-21-10-7-6-8-11-21/h6-12,14-16,20H,13H2,1-5H3/b12-9+,22-16+/t20-/m0/s1. The zero-order valence-corrected chi connectivity index (χ0v) is 20.8. The Morgan fingerprint density at radius 2 is 1.71 bits per heavy atom. The van der Waals surface area contributed by atoms with E-state index in [0.717, 1.165) is 11.1 Å². The van der Waals surface area contributed by atoms with Crippen molar-refractivity contribution < 1.29 is 17.9 Å². The van der Waals surface area contributed by atoms with Gasteiger partial charge in [0.25, 0.3) is 0 Å². The molecule has 0 amide bonds. The van der Waals surface area contributed by atoms with Crippen LogP contribution in [0.25, 0.3) is 6.08 Å². The van der Waals surface area contributed by atoms with E-state index in [1.54, 1.807) is 26.8 Å². The van der Waals surface area contributed by atoms with Gasteiger partial charge in [-0.2, -0.15) is 4.31 Å². The molecule has 0 bridgehead atoms. The van der Waals surface area contributed by atoms with E-state index in [1.807, 2.05) is 61.5 Å². The minimum absolute atomic E-state index is 0.142. The lowest BCUT2D eigenvalue weighted by Gasteiger charge is -2.27. The smallest absolute Gasteiger partial charge is 0.344 e. The number of sulfonamides is 1. The van der Waals surface area contributed by atoms with Crippen LogP contribution < -0.4 is 0 Å². The van der Waals surface area contributed by atoms with Crippen LogP contribution in [0.5, 0.6) is 0 Å². The minimum Gasteiger partial charge on any atom is -0.465 e. The van der Waals surface area contributed by atoms with Gasteiger partial charge in [-0.25, -0.2) is 13.2 Å². The van der Waals surface area contributed by atoms with E-state index in [-0.39, 0.29) is 11.0 Å². The summed E-state index contributed by atoms with van der Waals surface area (Å²) in [7, 11) is -2.57. The third kappa shape index (κ3) is 6.38. The summed E-state index contributed by atoms with van der Waals surface area (Å²) in [5, 5.41) is 0. The quantitative estimate of drug-likeness (QED) is 0.367. The molecule has 166 valence electrons. The molecule has 2 rings (SSSR count). The van der Waals surface area contributed by atoms with E-state index in [9.17, 15) is 13.2 Å². The molecule has 0 saturated heterocycles. The highest BCUT2D eigenvalue weighted by Gasteiger charge is 2.30. The molecule has 5 nitrogen and oxygen atoms in total. The summed E-state index contributed by atoms with van der Waals surface area (Å²) in [6.45, 7) is 7.42. The molecule has 0 aliphatic carbocycles. The lowest BCUT2D eigenvalue weighted by atomic mass is 10.1. The van der Waals surface area contributed by atoms with Gasteiger partial charge < -0.3 is 4.74 Å². The normalized spacial score (nSPS) is 13.6. The Bertz CT molecular complexity index is 1070. The van der Waals surface area contributed by atoms with Crippen molar-refractivity contribution in [1.82, 2.24) is 4.31 Å². The molecule has 0 fully saturated rings. The van der Waals surface area contributed by atoms with Gasteiger partial charge in [0, 0.05) is 12.6 Å². The number of rotatable bonds is 8. The van der Waals surface area contributed by atoms with Gasteiger partial charge in [-0.1, -0.05) is 60.2 Å². The second-order valence-corrected chi connectivity index (χ2v) is 10.0. The zero-order chi connectivity index (χ0) is 23.2. The van der Waals surface area contributed by atoms with Crippen LogP contribution in [0.4, 0.5) is 0 Å². The number of hydrogen-bond donors (Lipinski definition) is 0. The van der Waals surface area contributed by atoms with E-state index >= 15 is 0 Å². The summed E-state index contributed by atoms with van der Waals surface area (Å²) in [5.41, 5.74) is 3.36. The fourth-order valence-electron chi connectivity index (χ4n) is 3.49. The third-order valence-corrected chi connectivity index (χ3v) is 7.64. The Balaban J connectivity index is 2.50. The van der Waals surface area contributed by atoms with Gasteiger partial charge in [-0.05, 0) is 66.4 Å². The second-order valence-electron chi connectivity index (χ2n) is 7.36. The van der Waals surface area contributed by atoms with Crippen LogP contribution in [0.15, 0.2) is 64.0 Å². The van der Waals surface area contributed by atoms with Crippen molar-refractivity contribution in [2.24, 2.45) is 0 Å². The van der Waals surface area contributed by atoms with Crippen molar-refractivity contribution in [2.75, 3.05) is 13.7 Å². The molecule has 0 aliphatic heterocycles. The topological polar surface area (TPSA) is 63.7 Å². The average molecular weight is 506 g/mol. The van der Waals surface area contributed by atoms with Crippen molar-refractivity contribution in [3.05, 3.63) is 81.4 Å². The molecular weight excluding hydrogens is 478 g/mol. The molecule has 0 N–H and O–H groups in total. The SMILES string of the molecule is COC(=O)/C(Br)=C\[C@H](C)N(C/C=C/c1ccccc1)S(=O)(=O)c1c(C)cc(C)cc1C. The summed E-state index contributed by atoms with van der Waals surface area (Å²) in [6.07, 6.45) is 5.23. The molecule has 0 unspecified atom stereocenters. The van der Waals surface area contributed by atoms with Crippen molar-refractivity contribution >= 4 is 38.0 Å². The highest BCUT2D eigenvalue weighted by Crippen LogP contribution is 2.27. The highest BCUT2D eigenvalue weighted by molar-refractivity contribution is 9.12. The van der Waals surface area contributed by atoms with Crippen molar-refractivity contribution in [3.8, 4) is 0 Å². The molecule has 31 heavy (non-hydrogen) atoms. The van der Waals surface area contributed by atoms with Gasteiger partial charge in [-0.3, -0.25) is 0 Å². The fraction of sp³-hybridized carbons (Fsp3) is 0.292. The van der Waals surface area contributed by atoms with Gasteiger partial charge in [0.05, 0.1) is 12.0 Å². The number of nitrogens with zero attached hydrogens (tertiary/aromatic N) is 1. The van der Waals surface area contributed by atoms with Crippen LogP contribution in [-0.2, 0) is 19.6 Å². The molecule has 0 aromatic heterocycles. The van der Waals surface area contributed by atoms with Gasteiger partial charge in [-0.15, -0.1) is 0 Å². The summed E-state index contributed by atoms with van der Waals surface area (Å²) in [5.74, 6) is -0.563. The molecule has 0 heterocycles. The Labute approximate surface area is 193 Å². The monoisotopic (exact) mass is 505 g/mol. The molecule has 0 saturated carbocycles. The number of esters is 1. The number of hydrogen-bond acceptors (Lipinski definition) is 4. The minimum atomic E-state index is -3.85. The Kier molecular flexibility index (Phi) is 8.79. The largest absolute Gasteiger partial charge is 0.465 e. The maximum Gasteiger partial charge on any atom is 0.344 e. The van der Waals surface area contributed by atoms with Crippen LogP contribution in [0, 0.1) is 20.8 Å². The number of benzene rings is 2. The number of methoxy groups -OCH3 is 1. The van der Waals surface area contributed by atoms with Crippen molar-refractivity contribution in [2.45, 2.75) is 38.6 Å². The first kappa shape index (κ1) is 25.0. The lowest BCUT2D eigenvalue weighted by molar-refractivity contribution is -0.135. The van der Waals surface area contributed by atoms with Crippen LogP contribution in [-0.4, -0.2) is 38.4 Å². The molecule has 7 heteroatoms. The molecule has 1 atom stereocenters. The maximum absolute atomic E-state index is 13.7. The van der Waals surface area contributed by atoms with E-state index < -0.39 is 22.0 Å². The Morgan fingerprint density at radius 1 is 1.13 bits per heavy atom. The van der Waals surface area contributed by atoms with Crippen molar-refractivity contribution in [3.63, 3.8) is 0 Å². The molecular formula is C24H28BrNO4S. The van der Waals surface area contributed by atoms with Crippen molar-refractivity contribution in [1.29, 1.82) is 0 Å². The number of ether oxygens (including phenoxy) is 1. The summed E-state index contributed by atoms with van der Waals surface area (Å²) in [4.78, 5) is 12.1. The first-order chi connectivity index (χ1) is 14.6. The van der Waals surface area contributed by atoms with Crippen LogP contribution in [0.1, 0.15) is 29.2 Å². The predicted molar refractivity (Wildman–Crippen MR) is 129 cm³/mol. The maximum atomic E-state index is 13.7. The number of aryl methyl sites for hydroxylation is 3. The zero-order valence-electron chi connectivity index (χ0n) is 18.4.